The average Bonchev–Trinajstić information content (AvgIpc) is 2.49. The second kappa shape index (κ2) is 7.66. The number of benzene rings is 2. The van der Waals surface area contributed by atoms with Crippen molar-refractivity contribution in [3.8, 4) is 0 Å². The molecule has 1 atom stereocenters. The van der Waals surface area contributed by atoms with E-state index in [1.165, 1.54) is 24.3 Å². The van der Waals surface area contributed by atoms with Gasteiger partial charge in [-0.15, -0.1) is 0 Å². The molecule has 2 aromatic rings. The van der Waals surface area contributed by atoms with E-state index in [1.54, 1.807) is 37.1 Å². The number of carbonyl (C=O) groups excluding carboxylic acids is 1. The van der Waals surface area contributed by atoms with Crippen molar-refractivity contribution in [2.75, 3.05) is 12.4 Å². The van der Waals surface area contributed by atoms with Crippen LogP contribution < -0.4 is 5.32 Å². The van der Waals surface area contributed by atoms with Crippen molar-refractivity contribution in [2.24, 2.45) is 0 Å². The molecule has 0 bridgehead atoms. The minimum Gasteiger partial charge on any atom is -0.322 e. The molecule has 1 N–H and O–H groups in total. The Bertz CT molecular complexity index is 709. The zero-order valence-electron chi connectivity index (χ0n) is 12.8. The third-order valence-corrected chi connectivity index (χ3v) is 4.04. The highest BCUT2D eigenvalue weighted by atomic mass is 79.9. The Labute approximate surface area is 142 Å². The molecule has 2 rings (SSSR count). The highest BCUT2D eigenvalue weighted by molar-refractivity contribution is 9.10. The highest BCUT2D eigenvalue weighted by Crippen LogP contribution is 2.20. The van der Waals surface area contributed by atoms with Crippen LogP contribution in [0.15, 0.2) is 46.9 Å². The van der Waals surface area contributed by atoms with Gasteiger partial charge in [0, 0.05) is 11.0 Å². The Hall–Kier alpha value is -1.79. The summed E-state index contributed by atoms with van der Waals surface area (Å²) in [6.45, 7) is 2.13. The lowest BCUT2D eigenvalue weighted by Gasteiger charge is -2.24. The SMILES string of the molecule is CC(C(=O)Nc1ccc(Br)cc1F)N(C)Cc1cccc(F)c1. The number of rotatable bonds is 5. The smallest absolute Gasteiger partial charge is 0.241 e. The maximum absolute atomic E-state index is 13.8. The lowest BCUT2D eigenvalue weighted by molar-refractivity contribution is -0.120. The Morgan fingerprint density at radius 3 is 2.65 bits per heavy atom. The van der Waals surface area contributed by atoms with Crippen LogP contribution in [-0.2, 0) is 11.3 Å². The molecule has 23 heavy (non-hydrogen) atoms. The second-order valence-corrected chi connectivity index (χ2v) is 6.25. The van der Waals surface area contributed by atoms with Crippen LogP contribution in [0.1, 0.15) is 12.5 Å². The van der Waals surface area contributed by atoms with E-state index < -0.39 is 11.9 Å². The van der Waals surface area contributed by atoms with Gasteiger partial charge in [-0.25, -0.2) is 8.78 Å². The van der Waals surface area contributed by atoms with Gasteiger partial charge in [-0.2, -0.15) is 0 Å². The zero-order valence-corrected chi connectivity index (χ0v) is 14.4. The summed E-state index contributed by atoms with van der Waals surface area (Å²) in [5.41, 5.74) is 0.895. The van der Waals surface area contributed by atoms with Gasteiger partial charge in [0.2, 0.25) is 5.91 Å². The predicted molar refractivity (Wildman–Crippen MR) is 90.1 cm³/mol. The molecule has 1 amide bonds. The number of amides is 1. The molecule has 0 aromatic heterocycles. The maximum atomic E-state index is 13.8. The summed E-state index contributed by atoms with van der Waals surface area (Å²) in [5, 5.41) is 2.56. The second-order valence-electron chi connectivity index (χ2n) is 5.33. The lowest BCUT2D eigenvalue weighted by atomic mass is 10.2. The average molecular weight is 383 g/mol. The molecule has 0 aliphatic carbocycles. The molecule has 0 aliphatic rings. The fraction of sp³-hybridized carbons (Fsp3) is 0.235. The Morgan fingerprint density at radius 1 is 1.26 bits per heavy atom. The van der Waals surface area contributed by atoms with E-state index >= 15 is 0 Å². The molecule has 6 heteroatoms. The van der Waals surface area contributed by atoms with Crippen LogP contribution in [-0.4, -0.2) is 23.9 Å². The van der Waals surface area contributed by atoms with Crippen LogP contribution >= 0.6 is 15.9 Å². The van der Waals surface area contributed by atoms with E-state index in [-0.39, 0.29) is 17.4 Å². The third kappa shape index (κ3) is 4.84. The van der Waals surface area contributed by atoms with Crippen LogP contribution in [0.3, 0.4) is 0 Å². The molecule has 0 saturated heterocycles. The van der Waals surface area contributed by atoms with Crippen LogP contribution in [0.2, 0.25) is 0 Å². The van der Waals surface area contributed by atoms with Crippen molar-refractivity contribution < 1.29 is 13.6 Å². The van der Waals surface area contributed by atoms with Crippen molar-refractivity contribution in [3.05, 3.63) is 64.1 Å². The number of hydrogen-bond donors (Lipinski definition) is 1. The minimum absolute atomic E-state index is 0.129. The van der Waals surface area contributed by atoms with Crippen LogP contribution in [0.4, 0.5) is 14.5 Å². The lowest BCUT2D eigenvalue weighted by Crippen LogP contribution is -2.39. The maximum Gasteiger partial charge on any atom is 0.241 e. The van der Waals surface area contributed by atoms with Crippen molar-refractivity contribution in [2.45, 2.75) is 19.5 Å². The third-order valence-electron chi connectivity index (χ3n) is 3.55. The van der Waals surface area contributed by atoms with E-state index in [1.807, 2.05) is 0 Å². The number of anilines is 1. The quantitative estimate of drug-likeness (QED) is 0.840. The first-order valence-electron chi connectivity index (χ1n) is 7.07. The topological polar surface area (TPSA) is 32.3 Å². The molecule has 0 fully saturated rings. The standard InChI is InChI=1S/C17H17BrF2N2O/c1-11(22(2)10-12-4-3-5-14(19)8-12)17(23)21-16-7-6-13(18)9-15(16)20/h3-9,11H,10H2,1-2H3,(H,21,23). The molecule has 1 unspecified atom stereocenters. The fourth-order valence-electron chi connectivity index (χ4n) is 2.09. The molecular weight excluding hydrogens is 366 g/mol. The monoisotopic (exact) mass is 382 g/mol. The van der Waals surface area contributed by atoms with Gasteiger partial charge >= 0.3 is 0 Å². The van der Waals surface area contributed by atoms with E-state index in [0.29, 0.717) is 11.0 Å². The summed E-state index contributed by atoms with van der Waals surface area (Å²) in [6.07, 6.45) is 0. The van der Waals surface area contributed by atoms with Gasteiger partial charge in [0.1, 0.15) is 11.6 Å². The Kier molecular flexibility index (Phi) is 5.85. The summed E-state index contributed by atoms with van der Waals surface area (Å²) in [7, 11) is 1.76. The highest BCUT2D eigenvalue weighted by Gasteiger charge is 2.19. The first-order chi connectivity index (χ1) is 10.9. The normalized spacial score (nSPS) is 12.3. The van der Waals surface area contributed by atoms with Crippen molar-refractivity contribution in [3.63, 3.8) is 0 Å². The molecule has 0 aliphatic heterocycles. The largest absolute Gasteiger partial charge is 0.322 e. The number of halogens is 3. The Balaban J connectivity index is 2.01. The molecule has 0 saturated carbocycles. The first kappa shape index (κ1) is 17.6. The van der Waals surface area contributed by atoms with Gasteiger partial charge in [0.25, 0.3) is 0 Å². The van der Waals surface area contributed by atoms with Crippen LogP contribution in [0.5, 0.6) is 0 Å². The summed E-state index contributed by atoms with van der Waals surface area (Å²) >= 11 is 3.17. The molecule has 2 aromatic carbocycles. The van der Waals surface area contributed by atoms with Crippen molar-refractivity contribution in [1.29, 1.82) is 0 Å². The van der Waals surface area contributed by atoms with E-state index in [4.69, 9.17) is 0 Å². The summed E-state index contributed by atoms with van der Waals surface area (Å²) in [4.78, 5) is 14.0. The van der Waals surface area contributed by atoms with Gasteiger partial charge in [0.05, 0.1) is 11.7 Å². The fourth-order valence-corrected chi connectivity index (χ4v) is 2.42. The number of hydrogen-bond acceptors (Lipinski definition) is 2. The number of likely N-dealkylation sites (N-methyl/N-ethyl adjacent to an activating group) is 1. The number of carbonyl (C=O) groups is 1. The molecule has 0 spiro atoms. The van der Waals surface area contributed by atoms with Crippen LogP contribution in [0, 0.1) is 11.6 Å². The predicted octanol–water partition coefficient (Wildman–Crippen LogP) is 4.19. The van der Waals surface area contributed by atoms with Gasteiger partial charge in [0.15, 0.2) is 0 Å². The molecule has 122 valence electrons. The summed E-state index contributed by atoms with van der Waals surface area (Å²) in [5.74, 6) is -1.15. The summed E-state index contributed by atoms with van der Waals surface area (Å²) < 4.78 is 27.6. The molecule has 0 radical (unpaired) electrons. The Morgan fingerprint density at radius 2 is 2.00 bits per heavy atom. The van der Waals surface area contributed by atoms with Gasteiger partial charge in [-0.3, -0.25) is 9.69 Å². The first-order valence-corrected chi connectivity index (χ1v) is 7.86. The van der Waals surface area contributed by atoms with E-state index in [9.17, 15) is 13.6 Å². The van der Waals surface area contributed by atoms with Gasteiger partial charge in [-0.1, -0.05) is 28.1 Å². The van der Waals surface area contributed by atoms with Crippen molar-refractivity contribution in [1.82, 2.24) is 4.90 Å². The molecule has 0 heterocycles. The zero-order chi connectivity index (χ0) is 17.0. The summed E-state index contributed by atoms with van der Waals surface area (Å²) in [6, 6.07) is 10.2. The van der Waals surface area contributed by atoms with Gasteiger partial charge in [-0.05, 0) is 49.9 Å². The van der Waals surface area contributed by atoms with E-state index in [2.05, 4.69) is 21.2 Å². The van der Waals surface area contributed by atoms with Crippen molar-refractivity contribution >= 4 is 27.5 Å². The van der Waals surface area contributed by atoms with Crippen LogP contribution in [0.25, 0.3) is 0 Å². The molecule has 3 nitrogen and oxygen atoms in total. The molecular formula is C17H17BrF2N2O. The number of nitrogens with one attached hydrogen (secondary N) is 1. The van der Waals surface area contributed by atoms with E-state index in [0.717, 1.165) is 5.56 Å². The number of nitrogens with zero attached hydrogens (tertiary/aromatic N) is 1. The van der Waals surface area contributed by atoms with Gasteiger partial charge < -0.3 is 5.32 Å². The minimum atomic E-state index is -0.507.